The lowest BCUT2D eigenvalue weighted by Crippen LogP contribution is -2.44. The van der Waals surface area contributed by atoms with Crippen LogP contribution in [0.25, 0.3) is 0 Å². The Morgan fingerprint density at radius 3 is 2.67 bits per heavy atom. The van der Waals surface area contributed by atoms with Crippen LogP contribution >= 0.6 is 0 Å². The van der Waals surface area contributed by atoms with Crippen LogP contribution in [0.2, 0.25) is 0 Å². The molecule has 2 atom stereocenters. The first-order chi connectivity index (χ1) is 7.18. The molecule has 15 heavy (non-hydrogen) atoms. The van der Waals surface area contributed by atoms with Crippen molar-refractivity contribution in [2.75, 3.05) is 7.11 Å². The van der Waals surface area contributed by atoms with Gasteiger partial charge in [0.05, 0.1) is 12.5 Å². The van der Waals surface area contributed by atoms with Crippen molar-refractivity contribution in [3.05, 3.63) is 24.3 Å². The molecule has 0 bridgehead atoms. The number of carbonyl (C=O) groups is 1. The molecule has 0 aromatic carbocycles. The molecule has 1 aromatic rings. The maximum absolute atomic E-state index is 11.6. The van der Waals surface area contributed by atoms with Crippen molar-refractivity contribution in [1.29, 1.82) is 0 Å². The van der Waals surface area contributed by atoms with Crippen LogP contribution in [0.5, 0.6) is 0 Å². The van der Waals surface area contributed by atoms with Gasteiger partial charge in [-0.2, -0.15) is 0 Å². The first kappa shape index (κ1) is 10.1. The number of methoxy groups -OCH3 is 1. The molecule has 1 heterocycles. The average Bonchev–Trinajstić information content (AvgIpc) is 2.27. The molecule has 2 unspecified atom stereocenters. The number of esters is 1. The maximum atomic E-state index is 11.6. The SMILES string of the molecule is COC(=O)C1(C)CCC1c1ncccn1. The van der Waals surface area contributed by atoms with E-state index in [1.165, 1.54) is 7.11 Å². The summed E-state index contributed by atoms with van der Waals surface area (Å²) in [7, 11) is 1.43. The van der Waals surface area contributed by atoms with E-state index in [1.54, 1.807) is 18.5 Å². The summed E-state index contributed by atoms with van der Waals surface area (Å²) in [6.45, 7) is 1.92. The van der Waals surface area contributed by atoms with Gasteiger partial charge in [-0.25, -0.2) is 9.97 Å². The third-order valence-corrected chi connectivity index (χ3v) is 3.27. The molecule has 1 aliphatic rings. The van der Waals surface area contributed by atoms with E-state index in [0.717, 1.165) is 18.7 Å². The Bertz CT molecular complexity index is 366. The van der Waals surface area contributed by atoms with Gasteiger partial charge < -0.3 is 4.74 Å². The fraction of sp³-hybridized carbons (Fsp3) is 0.545. The minimum Gasteiger partial charge on any atom is -0.469 e. The molecule has 1 fully saturated rings. The van der Waals surface area contributed by atoms with E-state index in [4.69, 9.17) is 4.74 Å². The summed E-state index contributed by atoms with van der Waals surface area (Å²) in [4.78, 5) is 20.0. The van der Waals surface area contributed by atoms with Crippen LogP contribution in [0, 0.1) is 5.41 Å². The fourth-order valence-corrected chi connectivity index (χ4v) is 2.10. The molecule has 0 aliphatic heterocycles. The Labute approximate surface area is 88.7 Å². The Kier molecular flexibility index (Phi) is 2.42. The highest BCUT2D eigenvalue weighted by Gasteiger charge is 2.51. The van der Waals surface area contributed by atoms with Crippen LogP contribution in [0.3, 0.4) is 0 Å². The third-order valence-electron chi connectivity index (χ3n) is 3.27. The van der Waals surface area contributed by atoms with E-state index in [1.807, 2.05) is 6.92 Å². The third kappa shape index (κ3) is 1.50. The summed E-state index contributed by atoms with van der Waals surface area (Å²) >= 11 is 0. The molecular weight excluding hydrogens is 192 g/mol. The Balaban J connectivity index is 2.23. The molecule has 4 nitrogen and oxygen atoms in total. The monoisotopic (exact) mass is 206 g/mol. The Hall–Kier alpha value is -1.45. The Morgan fingerprint density at radius 2 is 2.20 bits per heavy atom. The standard InChI is InChI=1S/C11H14N2O2/c1-11(10(14)15-2)5-4-8(11)9-12-6-3-7-13-9/h3,6-8H,4-5H2,1-2H3. The van der Waals surface area contributed by atoms with E-state index < -0.39 is 5.41 Å². The van der Waals surface area contributed by atoms with Crippen LogP contribution < -0.4 is 0 Å². The maximum Gasteiger partial charge on any atom is 0.312 e. The molecule has 1 aromatic heterocycles. The molecule has 0 saturated heterocycles. The predicted octanol–water partition coefficient (Wildman–Crippen LogP) is 1.53. The lowest BCUT2D eigenvalue weighted by Gasteiger charge is -2.43. The van der Waals surface area contributed by atoms with Gasteiger partial charge in [0.2, 0.25) is 0 Å². The van der Waals surface area contributed by atoms with Crippen molar-refractivity contribution in [2.45, 2.75) is 25.7 Å². The molecule has 80 valence electrons. The smallest absolute Gasteiger partial charge is 0.312 e. The van der Waals surface area contributed by atoms with Crippen molar-refractivity contribution < 1.29 is 9.53 Å². The Morgan fingerprint density at radius 1 is 1.53 bits per heavy atom. The molecule has 0 radical (unpaired) electrons. The largest absolute Gasteiger partial charge is 0.469 e. The van der Waals surface area contributed by atoms with Gasteiger partial charge in [0.1, 0.15) is 5.82 Å². The van der Waals surface area contributed by atoms with E-state index in [2.05, 4.69) is 9.97 Å². The van der Waals surface area contributed by atoms with Crippen molar-refractivity contribution >= 4 is 5.97 Å². The predicted molar refractivity (Wildman–Crippen MR) is 54.1 cm³/mol. The van der Waals surface area contributed by atoms with E-state index in [-0.39, 0.29) is 11.9 Å². The highest BCUT2D eigenvalue weighted by molar-refractivity contribution is 5.78. The van der Waals surface area contributed by atoms with Gasteiger partial charge in [-0.15, -0.1) is 0 Å². The van der Waals surface area contributed by atoms with Crippen molar-refractivity contribution in [3.63, 3.8) is 0 Å². The summed E-state index contributed by atoms with van der Waals surface area (Å²) in [6.07, 6.45) is 5.22. The van der Waals surface area contributed by atoms with Gasteiger partial charge in [0, 0.05) is 18.3 Å². The zero-order valence-corrected chi connectivity index (χ0v) is 8.93. The molecule has 0 N–H and O–H groups in total. The van der Waals surface area contributed by atoms with E-state index in [0.29, 0.717) is 0 Å². The number of nitrogens with zero attached hydrogens (tertiary/aromatic N) is 2. The molecule has 1 aliphatic carbocycles. The number of rotatable bonds is 2. The van der Waals surface area contributed by atoms with Crippen molar-refractivity contribution in [2.24, 2.45) is 5.41 Å². The first-order valence-electron chi connectivity index (χ1n) is 5.04. The van der Waals surface area contributed by atoms with Crippen LogP contribution in [0.1, 0.15) is 31.5 Å². The van der Waals surface area contributed by atoms with E-state index >= 15 is 0 Å². The zero-order valence-electron chi connectivity index (χ0n) is 8.93. The number of ether oxygens (including phenoxy) is 1. The average molecular weight is 206 g/mol. The van der Waals surface area contributed by atoms with Crippen LogP contribution in [-0.2, 0) is 9.53 Å². The highest BCUT2D eigenvalue weighted by Crippen LogP contribution is 2.52. The second-order valence-electron chi connectivity index (χ2n) is 4.11. The highest BCUT2D eigenvalue weighted by atomic mass is 16.5. The topological polar surface area (TPSA) is 52.1 Å². The van der Waals surface area contributed by atoms with E-state index in [9.17, 15) is 4.79 Å². The number of carbonyl (C=O) groups excluding carboxylic acids is 1. The second kappa shape index (κ2) is 3.61. The number of hydrogen-bond acceptors (Lipinski definition) is 4. The van der Waals surface area contributed by atoms with Gasteiger partial charge in [-0.3, -0.25) is 4.79 Å². The number of hydrogen-bond donors (Lipinski definition) is 0. The summed E-state index contributed by atoms with van der Waals surface area (Å²) in [5.41, 5.74) is -0.434. The van der Waals surface area contributed by atoms with Gasteiger partial charge in [0.15, 0.2) is 0 Å². The summed E-state index contributed by atoms with van der Waals surface area (Å²) in [6, 6.07) is 1.78. The van der Waals surface area contributed by atoms with Crippen molar-refractivity contribution in [3.8, 4) is 0 Å². The van der Waals surface area contributed by atoms with Crippen LogP contribution in [0.15, 0.2) is 18.5 Å². The lowest BCUT2D eigenvalue weighted by molar-refractivity contribution is -0.159. The molecule has 2 rings (SSSR count). The zero-order chi connectivity index (χ0) is 10.9. The van der Waals surface area contributed by atoms with Crippen molar-refractivity contribution in [1.82, 2.24) is 9.97 Å². The minimum atomic E-state index is -0.434. The molecule has 4 heteroatoms. The van der Waals surface area contributed by atoms with Gasteiger partial charge in [-0.05, 0) is 25.8 Å². The number of aromatic nitrogens is 2. The summed E-state index contributed by atoms with van der Waals surface area (Å²) in [5, 5.41) is 0. The quantitative estimate of drug-likeness (QED) is 0.689. The normalized spacial score (nSPS) is 29.3. The molecule has 0 amide bonds. The van der Waals surface area contributed by atoms with Gasteiger partial charge in [0.25, 0.3) is 0 Å². The second-order valence-corrected chi connectivity index (χ2v) is 4.11. The van der Waals surface area contributed by atoms with Gasteiger partial charge in [-0.1, -0.05) is 0 Å². The van der Waals surface area contributed by atoms with Crippen LogP contribution in [-0.4, -0.2) is 23.0 Å². The van der Waals surface area contributed by atoms with Gasteiger partial charge >= 0.3 is 5.97 Å². The molecule has 1 saturated carbocycles. The van der Waals surface area contributed by atoms with Crippen LogP contribution in [0.4, 0.5) is 0 Å². The molecule has 0 spiro atoms. The fourth-order valence-electron chi connectivity index (χ4n) is 2.10. The summed E-state index contributed by atoms with van der Waals surface area (Å²) < 4.78 is 4.81. The molecular formula is C11H14N2O2. The first-order valence-corrected chi connectivity index (χ1v) is 5.04. The lowest BCUT2D eigenvalue weighted by atomic mass is 9.61. The minimum absolute atomic E-state index is 0.103. The summed E-state index contributed by atoms with van der Waals surface area (Å²) in [5.74, 6) is 0.689.